The molecule has 5 heteroatoms. The van der Waals surface area contributed by atoms with Gasteiger partial charge in [0.2, 0.25) is 0 Å². The van der Waals surface area contributed by atoms with E-state index in [4.69, 9.17) is 10.5 Å². The summed E-state index contributed by atoms with van der Waals surface area (Å²) in [5.41, 5.74) is 11.4. The SMILES string of the molecule is COc1ccc2c(C(=O)c3ccc(N4CCCC4)c(C)c3)c(-c3ccc(N)cc3)sc2c1. The van der Waals surface area contributed by atoms with Crippen molar-refractivity contribution in [2.75, 3.05) is 30.8 Å². The van der Waals surface area contributed by atoms with Crippen molar-refractivity contribution in [3.8, 4) is 16.2 Å². The molecule has 0 saturated carbocycles. The van der Waals surface area contributed by atoms with E-state index >= 15 is 0 Å². The fourth-order valence-corrected chi connectivity index (χ4v) is 5.75. The molecule has 0 spiro atoms. The van der Waals surface area contributed by atoms with Crippen LogP contribution in [-0.2, 0) is 0 Å². The van der Waals surface area contributed by atoms with Crippen LogP contribution >= 0.6 is 11.3 Å². The third-order valence-corrected chi connectivity index (χ3v) is 7.40. The number of anilines is 2. The second-order valence-corrected chi connectivity index (χ2v) is 9.37. The highest BCUT2D eigenvalue weighted by Crippen LogP contribution is 2.41. The Hall–Kier alpha value is -3.31. The number of nitrogen functional groups attached to an aromatic ring is 1. The van der Waals surface area contributed by atoms with Crippen molar-refractivity contribution in [3.05, 3.63) is 77.4 Å². The van der Waals surface area contributed by atoms with E-state index in [0.717, 1.165) is 56.1 Å². The second kappa shape index (κ2) is 8.32. The van der Waals surface area contributed by atoms with E-state index in [0.29, 0.717) is 5.69 Å². The van der Waals surface area contributed by atoms with Gasteiger partial charge in [-0.25, -0.2) is 0 Å². The van der Waals surface area contributed by atoms with E-state index in [9.17, 15) is 4.79 Å². The fourth-order valence-electron chi connectivity index (χ4n) is 4.52. The lowest BCUT2D eigenvalue weighted by Gasteiger charge is -2.20. The zero-order chi connectivity index (χ0) is 22.2. The average molecular weight is 443 g/mol. The number of rotatable bonds is 5. The van der Waals surface area contributed by atoms with Crippen molar-refractivity contribution >= 4 is 38.6 Å². The Balaban J connectivity index is 1.63. The van der Waals surface area contributed by atoms with Crippen LogP contribution in [0.4, 0.5) is 11.4 Å². The zero-order valence-electron chi connectivity index (χ0n) is 18.4. The van der Waals surface area contributed by atoms with Gasteiger partial charge in [-0.15, -0.1) is 11.3 Å². The quantitative estimate of drug-likeness (QED) is 0.291. The van der Waals surface area contributed by atoms with Crippen LogP contribution in [0, 0.1) is 6.92 Å². The molecule has 1 aromatic heterocycles. The predicted molar refractivity (Wildman–Crippen MR) is 134 cm³/mol. The lowest BCUT2D eigenvalue weighted by atomic mass is 9.96. The third kappa shape index (κ3) is 3.63. The number of thiophene rings is 1. The number of nitrogens with two attached hydrogens (primary N) is 1. The number of hydrogen-bond acceptors (Lipinski definition) is 5. The third-order valence-electron chi connectivity index (χ3n) is 6.20. The molecular formula is C27H26N2O2S. The maximum absolute atomic E-state index is 13.9. The first kappa shape index (κ1) is 20.6. The summed E-state index contributed by atoms with van der Waals surface area (Å²) in [4.78, 5) is 17.2. The van der Waals surface area contributed by atoms with Gasteiger partial charge in [-0.05, 0) is 79.4 Å². The summed E-state index contributed by atoms with van der Waals surface area (Å²) in [5, 5.41) is 0.953. The summed E-state index contributed by atoms with van der Waals surface area (Å²) in [6.07, 6.45) is 2.46. The maximum Gasteiger partial charge on any atom is 0.195 e. The molecule has 4 nitrogen and oxygen atoms in total. The van der Waals surface area contributed by atoms with E-state index in [1.54, 1.807) is 18.4 Å². The molecule has 5 rings (SSSR count). The van der Waals surface area contributed by atoms with Gasteiger partial charge in [0.15, 0.2) is 5.78 Å². The number of benzene rings is 3. The van der Waals surface area contributed by atoms with Crippen molar-refractivity contribution in [1.29, 1.82) is 0 Å². The van der Waals surface area contributed by atoms with E-state index < -0.39 is 0 Å². The van der Waals surface area contributed by atoms with E-state index in [1.165, 1.54) is 18.5 Å². The van der Waals surface area contributed by atoms with Crippen LogP contribution in [0.25, 0.3) is 20.5 Å². The molecule has 0 atom stereocenters. The Morgan fingerprint density at radius 3 is 2.44 bits per heavy atom. The number of nitrogens with zero attached hydrogens (tertiary/aromatic N) is 1. The van der Waals surface area contributed by atoms with Gasteiger partial charge in [0.05, 0.1) is 7.11 Å². The van der Waals surface area contributed by atoms with E-state index in [-0.39, 0.29) is 5.78 Å². The van der Waals surface area contributed by atoms with Crippen molar-refractivity contribution in [3.63, 3.8) is 0 Å². The number of ether oxygens (including phenoxy) is 1. The Labute approximate surface area is 192 Å². The lowest BCUT2D eigenvalue weighted by molar-refractivity contribution is 0.104. The molecule has 1 saturated heterocycles. The molecule has 1 aliphatic rings. The molecule has 2 N–H and O–H groups in total. The second-order valence-electron chi connectivity index (χ2n) is 8.31. The van der Waals surface area contributed by atoms with Gasteiger partial charge >= 0.3 is 0 Å². The monoisotopic (exact) mass is 442 g/mol. The first-order valence-electron chi connectivity index (χ1n) is 10.9. The van der Waals surface area contributed by atoms with Gasteiger partial charge in [-0.3, -0.25) is 4.79 Å². The maximum atomic E-state index is 13.9. The molecule has 32 heavy (non-hydrogen) atoms. The number of hydrogen-bond donors (Lipinski definition) is 1. The standard InChI is InChI=1S/C27H26N2O2S/c1-17-15-19(7-12-23(17)29-13-3-4-14-29)26(30)25-22-11-10-21(31-2)16-24(22)32-27(25)18-5-8-20(28)9-6-18/h5-12,15-16H,3-4,13-14,28H2,1-2H3. The number of fused-ring (bicyclic) bond motifs is 1. The highest BCUT2D eigenvalue weighted by atomic mass is 32.1. The van der Waals surface area contributed by atoms with Gasteiger partial charge in [0, 0.05) is 50.6 Å². The zero-order valence-corrected chi connectivity index (χ0v) is 19.2. The van der Waals surface area contributed by atoms with Crippen LogP contribution in [-0.4, -0.2) is 26.0 Å². The Bertz CT molecular complexity index is 1300. The molecule has 3 aromatic carbocycles. The highest BCUT2D eigenvalue weighted by molar-refractivity contribution is 7.22. The molecule has 0 unspecified atom stereocenters. The van der Waals surface area contributed by atoms with Crippen molar-refractivity contribution in [1.82, 2.24) is 0 Å². The van der Waals surface area contributed by atoms with Crippen LogP contribution in [0.1, 0.15) is 34.3 Å². The van der Waals surface area contributed by atoms with Gasteiger partial charge < -0.3 is 15.4 Å². The predicted octanol–water partition coefficient (Wildman–Crippen LogP) is 6.30. The molecule has 162 valence electrons. The van der Waals surface area contributed by atoms with Crippen molar-refractivity contribution in [2.24, 2.45) is 0 Å². The largest absolute Gasteiger partial charge is 0.497 e. The first-order chi connectivity index (χ1) is 15.5. The summed E-state index contributed by atoms with van der Waals surface area (Å²) in [5.74, 6) is 0.830. The minimum Gasteiger partial charge on any atom is -0.497 e. The molecule has 4 aromatic rings. The average Bonchev–Trinajstić information content (AvgIpc) is 3.46. The van der Waals surface area contributed by atoms with Gasteiger partial charge in [0.1, 0.15) is 5.75 Å². The fraction of sp³-hybridized carbons (Fsp3) is 0.222. The molecule has 0 amide bonds. The lowest BCUT2D eigenvalue weighted by Crippen LogP contribution is -2.18. The molecule has 2 heterocycles. The van der Waals surface area contributed by atoms with Crippen molar-refractivity contribution in [2.45, 2.75) is 19.8 Å². The summed E-state index contributed by atoms with van der Waals surface area (Å²) < 4.78 is 6.45. The van der Waals surface area contributed by atoms with Crippen LogP contribution in [0.15, 0.2) is 60.7 Å². The smallest absolute Gasteiger partial charge is 0.195 e. The van der Waals surface area contributed by atoms with Crippen LogP contribution in [0.2, 0.25) is 0 Å². The number of carbonyl (C=O) groups excluding carboxylic acids is 1. The van der Waals surface area contributed by atoms with E-state index in [1.807, 2.05) is 54.6 Å². The Morgan fingerprint density at radius 2 is 1.75 bits per heavy atom. The number of methoxy groups -OCH3 is 1. The Kier molecular flexibility index (Phi) is 5.35. The summed E-state index contributed by atoms with van der Waals surface area (Å²) in [7, 11) is 1.66. The number of ketones is 1. The summed E-state index contributed by atoms with van der Waals surface area (Å²) in [6.45, 7) is 4.28. The summed E-state index contributed by atoms with van der Waals surface area (Å²) in [6, 6.07) is 19.7. The van der Waals surface area contributed by atoms with Crippen molar-refractivity contribution < 1.29 is 9.53 Å². The number of aryl methyl sites for hydroxylation is 1. The molecule has 1 fully saturated rings. The van der Waals surface area contributed by atoms with Crippen LogP contribution in [0.5, 0.6) is 5.75 Å². The molecule has 0 radical (unpaired) electrons. The molecule has 0 aliphatic carbocycles. The van der Waals surface area contributed by atoms with Crippen LogP contribution in [0.3, 0.4) is 0 Å². The normalized spacial score (nSPS) is 13.6. The summed E-state index contributed by atoms with van der Waals surface area (Å²) >= 11 is 1.61. The molecular weight excluding hydrogens is 416 g/mol. The number of carbonyl (C=O) groups is 1. The highest BCUT2D eigenvalue weighted by Gasteiger charge is 2.23. The Morgan fingerprint density at radius 1 is 1.00 bits per heavy atom. The minimum atomic E-state index is 0.0457. The van der Waals surface area contributed by atoms with Gasteiger partial charge in [0.25, 0.3) is 0 Å². The van der Waals surface area contributed by atoms with Gasteiger partial charge in [-0.1, -0.05) is 12.1 Å². The molecule has 1 aliphatic heterocycles. The van der Waals surface area contributed by atoms with E-state index in [2.05, 4.69) is 17.9 Å². The minimum absolute atomic E-state index is 0.0457. The van der Waals surface area contributed by atoms with Gasteiger partial charge in [-0.2, -0.15) is 0 Å². The molecule has 0 bridgehead atoms. The first-order valence-corrected chi connectivity index (χ1v) is 11.7. The van der Waals surface area contributed by atoms with Crippen LogP contribution < -0.4 is 15.4 Å². The topological polar surface area (TPSA) is 55.6 Å².